The van der Waals surface area contributed by atoms with Crippen LogP contribution in [0.2, 0.25) is 0 Å². The van der Waals surface area contributed by atoms with Crippen LogP contribution in [0, 0.1) is 0 Å². The number of aromatic nitrogens is 3. The predicted octanol–water partition coefficient (Wildman–Crippen LogP) is 4.60. The molecule has 1 heterocycles. The molecule has 0 aliphatic rings. The summed E-state index contributed by atoms with van der Waals surface area (Å²) in [5, 5.41) is 21.1. The molecule has 0 aliphatic carbocycles. The second-order valence-corrected chi connectivity index (χ2v) is 6.58. The lowest BCUT2D eigenvalue weighted by Crippen LogP contribution is -2.04. The maximum atomic E-state index is 11.0. The van der Waals surface area contributed by atoms with Crippen molar-refractivity contribution in [3.8, 4) is 23.5 Å². The highest BCUT2D eigenvalue weighted by atomic mass is 16.5. The van der Waals surface area contributed by atoms with Gasteiger partial charge >= 0.3 is 24.0 Å². The summed E-state index contributed by atoms with van der Waals surface area (Å²) in [7, 11) is 0. The largest absolute Gasteiger partial charge is 0.478 e. The summed E-state index contributed by atoms with van der Waals surface area (Å²) in [4.78, 5) is 34.7. The van der Waals surface area contributed by atoms with Gasteiger partial charge in [-0.05, 0) is 60.7 Å². The maximum Gasteiger partial charge on any atom is 0.335 e. The molecule has 0 spiro atoms. The lowest BCUT2D eigenvalue weighted by Gasteiger charge is -2.10. The SMILES string of the molecule is O=C(O)c1ccc(Oc2nc(Nc3ccccc3)nc(Oc3ccc(C(=O)O)cc3)n2)cc1. The molecule has 0 atom stereocenters. The third kappa shape index (κ3) is 5.58. The molecule has 0 saturated carbocycles. The first-order valence-corrected chi connectivity index (χ1v) is 9.57. The van der Waals surface area contributed by atoms with E-state index in [9.17, 15) is 9.59 Å². The van der Waals surface area contributed by atoms with Gasteiger partial charge in [0.2, 0.25) is 5.95 Å². The van der Waals surface area contributed by atoms with Gasteiger partial charge in [0.1, 0.15) is 11.5 Å². The highest BCUT2D eigenvalue weighted by molar-refractivity contribution is 5.88. The van der Waals surface area contributed by atoms with Gasteiger partial charge in [-0.1, -0.05) is 18.2 Å². The number of nitrogens with one attached hydrogen (secondary N) is 1. The van der Waals surface area contributed by atoms with Gasteiger partial charge in [0.25, 0.3) is 0 Å². The zero-order valence-electron chi connectivity index (χ0n) is 16.9. The number of rotatable bonds is 8. The molecule has 3 aromatic carbocycles. The molecule has 0 bridgehead atoms. The number of carboxylic acid groups (broad SMARTS) is 2. The van der Waals surface area contributed by atoms with Crippen LogP contribution >= 0.6 is 0 Å². The van der Waals surface area contributed by atoms with Gasteiger partial charge in [-0.25, -0.2) is 9.59 Å². The Balaban J connectivity index is 1.62. The molecular formula is C23H16N4O6. The van der Waals surface area contributed by atoms with E-state index in [4.69, 9.17) is 19.7 Å². The number of nitrogens with zero attached hydrogens (tertiary/aromatic N) is 3. The van der Waals surface area contributed by atoms with E-state index in [2.05, 4.69) is 20.3 Å². The number of anilines is 2. The lowest BCUT2D eigenvalue weighted by atomic mass is 10.2. The van der Waals surface area contributed by atoms with Gasteiger partial charge in [-0.15, -0.1) is 4.98 Å². The van der Waals surface area contributed by atoms with E-state index >= 15 is 0 Å². The summed E-state index contributed by atoms with van der Waals surface area (Å²) in [6.07, 6.45) is 0. The minimum atomic E-state index is -1.05. The molecule has 33 heavy (non-hydrogen) atoms. The van der Waals surface area contributed by atoms with Gasteiger partial charge in [-0.2, -0.15) is 9.97 Å². The molecule has 0 radical (unpaired) electrons. The summed E-state index contributed by atoms with van der Waals surface area (Å²) < 4.78 is 11.3. The van der Waals surface area contributed by atoms with Crippen LogP contribution in [-0.2, 0) is 0 Å². The highest BCUT2D eigenvalue weighted by Crippen LogP contribution is 2.25. The molecule has 164 valence electrons. The van der Waals surface area contributed by atoms with Crippen molar-refractivity contribution in [2.75, 3.05) is 5.32 Å². The van der Waals surface area contributed by atoms with Crippen molar-refractivity contribution >= 4 is 23.6 Å². The Hall–Kier alpha value is -4.99. The average Bonchev–Trinajstić information content (AvgIpc) is 2.80. The van der Waals surface area contributed by atoms with Gasteiger partial charge < -0.3 is 25.0 Å². The Morgan fingerprint density at radius 1 is 0.636 bits per heavy atom. The standard InChI is InChI=1S/C23H16N4O6/c28-19(29)14-6-10-17(11-7-14)32-22-25-21(24-16-4-2-1-3-5-16)26-23(27-22)33-18-12-8-15(9-13-18)20(30)31/h1-13H,(H,28,29)(H,30,31)(H,24,25,26,27). The maximum absolute atomic E-state index is 11.0. The molecule has 0 aliphatic heterocycles. The molecule has 10 nitrogen and oxygen atoms in total. The van der Waals surface area contributed by atoms with Crippen LogP contribution in [0.1, 0.15) is 20.7 Å². The normalized spacial score (nSPS) is 10.3. The lowest BCUT2D eigenvalue weighted by molar-refractivity contribution is 0.0686. The number of hydrogen-bond donors (Lipinski definition) is 3. The summed E-state index contributed by atoms with van der Waals surface area (Å²) >= 11 is 0. The Bertz CT molecular complexity index is 1200. The van der Waals surface area contributed by atoms with Crippen molar-refractivity contribution in [1.82, 2.24) is 15.0 Å². The first-order valence-electron chi connectivity index (χ1n) is 9.57. The van der Waals surface area contributed by atoms with Crippen molar-refractivity contribution in [2.24, 2.45) is 0 Å². The van der Waals surface area contributed by atoms with Crippen LogP contribution in [0.25, 0.3) is 0 Å². The number of carboxylic acids is 2. The fraction of sp³-hybridized carbons (Fsp3) is 0. The number of carbonyl (C=O) groups is 2. The molecular weight excluding hydrogens is 428 g/mol. The molecule has 0 amide bonds. The van der Waals surface area contributed by atoms with E-state index in [1.54, 1.807) is 0 Å². The highest BCUT2D eigenvalue weighted by Gasteiger charge is 2.12. The van der Waals surface area contributed by atoms with Crippen LogP contribution in [0.5, 0.6) is 23.5 Å². The number of aromatic carboxylic acids is 2. The summed E-state index contributed by atoms with van der Waals surface area (Å²) in [6.45, 7) is 0. The van der Waals surface area contributed by atoms with Crippen molar-refractivity contribution in [3.05, 3.63) is 90.0 Å². The van der Waals surface area contributed by atoms with Crippen molar-refractivity contribution in [2.45, 2.75) is 0 Å². The van der Waals surface area contributed by atoms with Gasteiger partial charge in [-0.3, -0.25) is 0 Å². The summed E-state index contributed by atoms with van der Waals surface area (Å²) in [5.41, 5.74) is 0.939. The molecule has 4 aromatic rings. The van der Waals surface area contributed by atoms with E-state index in [1.807, 2.05) is 30.3 Å². The quantitative estimate of drug-likeness (QED) is 0.353. The smallest absolute Gasteiger partial charge is 0.335 e. The molecule has 0 unspecified atom stereocenters. The second-order valence-electron chi connectivity index (χ2n) is 6.58. The van der Waals surface area contributed by atoms with Crippen LogP contribution in [0.4, 0.5) is 11.6 Å². The third-order valence-electron chi connectivity index (χ3n) is 4.25. The van der Waals surface area contributed by atoms with Crippen molar-refractivity contribution in [1.29, 1.82) is 0 Å². The minimum Gasteiger partial charge on any atom is -0.478 e. The van der Waals surface area contributed by atoms with Gasteiger partial charge in [0, 0.05) is 5.69 Å². The molecule has 1 aromatic heterocycles. The number of hydrogen-bond acceptors (Lipinski definition) is 8. The minimum absolute atomic E-state index is 0.0938. The summed E-state index contributed by atoms with van der Waals surface area (Å²) in [5.74, 6) is -1.34. The molecule has 10 heteroatoms. The molecule has 0 saturated heterocycles. The zero-order valence-corrected chi connectivity index (χ0v) is 16.9. The van der Waals surface area contributed by atoms with Crippen LogP contribution in [-0.4, -0.2) is 37.1 Å². The number of ether oxygens (including phenoxy) is 2. The summed E-state index contributed by atoms with van der Waals surface area (Å²) in [6, 6.07) is 20.5. The first kappa shape index (κ1) is 21.2. The van der Waals surface area contributed by atoms with E-state index in [-0.39, 0.29) is 29.1 Å². The number of para-hydroxylation sites is 1. The fourth-order valence-corrected chi connectivity index (χ4v) is 2.68. The Morgan fingerprint density at radius 2 is 1.09 bits per heavy atom. The third-order valence-corrected chi connectivity index (χ3v) is 4.25. The predicted molar refractivity (Wildman–Crippen MR) is 117 cm³/mol. The van der Waals surface area contributed by atoms with Crippen LogP contribution < -0.4 is 14.8 Å². The van der Waals surface area contributed by atoms with E-state index in [1.165, 1.54) is 48.5 Å². The first-order chi connectivity index (χ1) is 16.0. The van der Waals surface area contributed by atoms with Crippen LogP contribution in [0.3, 0.4) is 0 Å². The topological polar surface area (TPSA) is 144 Å². The average molecular weight is 444 g/mol. The van der Waals surface area contributed by atoms with E-state index in [0.29, 0.717) is 11.5 Å². The van der Waals surface area contributed by atoms with Crippen molar-refractivity contribution in [3.63, 3.8) is 0 Å². The van der Waals surface area contributed by atoms with Crippen molar-refractivity contribution < 1.29 is 29.3 Å². The van der Waals surface area contributed by atoms with Gasteiger partial charge in [0.05, 0.1) is 11.1 Å². The molecule has 0 fully saturated rings. The second kappa shape index (κ2) is 9.43. The zero-order chi connectivity index (χ0) is 23.2. The Kier molecular flexibility index (Phi) is 6.08. The molecule has 3 N–H and O–H groups in total. The van der Waals surface area contributed by atoms with E-state index < -0.39 is 11.9 Å². The van der Waals surface area contributed by atoms with E-state index in [0.717, 1.165) is 5.69 Å². The Labute approximate surface area is 187 Å². The monoisotopic (exact) mass is 444 g/mol. The van der Waals surface area contributed by atoms with Gasteiger partial charge in [0.15, 0.2) is 0 Å². The van der Waals surface area contributed by atoms with Crippen LogP contribution in [0.15, 0.2) is 78.9 Å². The molecule has 4 rings (SSSR count). The fourth-order valence-electron chi connectivity index (χ4n) is 2.68. The number of benzene rings is 3. The Morgan fingerprint density at radius 3 is 1.52 bits per heavy atom.